The molecule has 0 radical (unpaired) electrons. The second-order valence-corrected chi connectivity index (χ2v) is 6.20. The Balaban J connectivity index is 2.06. The zero-order chi connectivity index (χ0) is 14.6. The van der Waals surface area contributed by atoms with Gasteiger partial charge in [0, 0.05) is 24.3 Å². The number of rotatable bonds is 6. The van der Waals surface area contributed by atoms with Crippen molar-refractivity contribution in [2.45, 2.75) is 18.0 Å². The number of aromatic nitrogens is 3. The topological polar surface area (TPSA) is 103 Å². The average Bonchev–Trinajstić information content (AvgIpc) is 2.92. The Labute approximate surface area is 121 Å². The maximum Gasteiger partial charge on any atom is 0.240 e. The lowest BCUT2D eigenvalue weighted by Crippen LogP contribution is -2.27. The van der Waals surface area contributed by atoms with Gasteiger partial charge in [-0.3, -0.25) is 4.68 Å². The van der Waals surface area contributed by atoms with Gasteiger partial charge in [0.1, 0.15) is 0 Å². The third kappa shape index (κ3) is 3.54. The van der Waals surface area contributed by atoms with Crippen LogP contribution in [0.25, 0.3) is 0 Å². The van der Waals surface area contributed by atoms with Gasteiger partial charge in [-0.05, 0) is 23.8 Å². The van der Waals surface area contributed by atoms with E-state index in [2.05, 4.69) is 15.0 Å². The second kappa shape index (κ2) is 6.31. The maximum atomic E-state index is 12.1. The van der Waals surface area contributed by atoms with Crippen molar-refractivity contribution >= 4 is 21.6 Å². The number of nitrogens with one attached hydrogen (secondary N) is 1. The molecule has 0 aliphatic heterocycles. The van der Waals surface area contributed by atoms with Gasteiger partial charge in [-0.25, -0.2) is 13.1 Å². The number of nitrogens with two attached hydrogens (primary N) is 1. The first-order chi connectivity index (χ1) is 9.53. The summed E-state index contributed by atoms with van der Waals surface area (Å²) in [6, 6.07) is 4.44. The molecule has 0 spiro atoms. The molecular formula is C11H14ClN5O2S. The highest BCUT2D eigenvalue weighted by Crippen LogP contribution is 2.19. The minimum Gasteiger partial charge on any atom is -0.326 e. The van der Waals surface area contributed by atoms with Crippen molar-refractivity contribution in [1.82, 2.24) is 19.7 Å². The standard InChI is InChI=1S/C11H14ClN5O2S/c12-11-2-1-10(7-9(11)8-13)20(18,19)15-4-6-17-5-3-14-16-17/h1-3,5,7,15H,4,6,8,13H2. The fourth-order valence-corrected chi connectivity index (χ4v) is 2.87. The van der Waals surface area contributed by atoms with Crippen LogP contribution in [0.4, 0.5) is 0 Å². The van der Waals surface area contributed by atoms with Crippen molar-refractivity contribution in [3.63, 3.8) is 0 Å². The van der Waals surface area contributed by atoms with Crippen molar-refractivity contribution in [2.24, 2.45) is 5.73 Å². The minimum atomic E-state index is -3.59. The molecule has 2 rings (SSSR count). The van der Waals surface area contributed by atoms with E-state index in [0.29, 0.717) is 17.1 Å². The van der Waals surface area contributed by atoms with Crippen LogP contribution in [-0.2, 0) is 23.1 Å². The highest BCUT2D eigenvalue weighted by atomic mass is 35.5. The lowest BCUT2D eigenvalue weighted by molar-refractivity contribution is 0.553. The zero-order valence-corrected chi connectivity index (χ0v) is 12.1. The summed E-state index contributed by atoms with van der Waals surface area (Å²) in [6.07, 6.45) is 3.18. The molecule has 0 amide bonds. The van der Waals surface area contributed by atoms with Crippen LogP contribution < -0.4 is 10.5 Å². The Hall–Kier alpha value is -1.48. The van der Waals surface area contributed by atoms with E-state index < -0.39 is 10.0 Å². The molecule has 0 atom stereocenters. The molecule has 1 aromatic heterocycles. The number of hydrogen-bond acceptors (Lipinski definition) is 5. The smallest absolute Gasteiger partial charge is 0.240 e. The summed E-state index contributed by atoms with van der Waals surface area (Å²) < 4.78 is 28.2. The summed E-state index contributed by atoms with van der Waals surface area (Å²) in [5.74, 6) is 0. The predicted molar refractivity (Wildman–Crippen MR) is 74.6 cm³/mol. The summed E-state index contributed by atoms with van der Waals surface area (Å²) >= 11 is 5.90. The van der Waals surface area contributed by atoms with E-state index in [1.165, 1.54) is 29.1 Å². The van der Waals surface area contributed by atoms with E-state index in [0.717, 1.165) is 0 Å². The molecule has 0 aliphatic rings. The molecular weight excluding hydrogens is 302 g/mol. The first kappa shape index (κ1) is 14.9. The van der Waals surface area contributed by atoms with Gasteiger partial charge in [0.2, 0.25) is 10.0 Å². The summed E-state index contributed by atoms with van der Waals surface area (Å²) in [5, 5.41) is 7.83. The molecule has 20 heavy (non-hydrogen) atoms. The van der Waals surface area contributed by atoms with Crippen LogP contribution in [-0.4, -0.2) is 30.0 Å². The van der Waals surface area contributed by atoms with Crippen LogP contribution >= 0.6 is 11.6 Å². The third-order valence-electron chi connectivity index (χ3n) is 2.65. The van der Waals surface area contributed by atoms with Crippen molar-refractivity contribution in [3.8, 4) is 0 Å². The molecule has 3 N–H and O–H groups in total. The molecule has 0 fully saturated rings. The minimum absolute atomic E-state index is 0.140. The third-order valence-corrected chi connectivity index (χ3v) is 4.48. The molecule has 108 valence electrons. The highest BCUT2D eigenvalue weighted by molar-refractivity contribution is 7.89. The Morgan fingerprint density at radius 1 is 1.40 bits per heavy atom. The van der Waals surface area contributed by atoms with E-state index in [-0.39, 0.29) is 18.0 Å². The first-order valence-corrected chi connectivity index (χ1v) is 7.71. The summed E-state index contributed by atoms with van der Waals surface area (Å²) in [4.78, 5) is 0.140. The van der Waals surface area contributed by atoms with Gasteiger partial charge in [0.05, 0.1) is 17.6 Å². The summed E-state index contributed by atoms with van der Waals surface area (Å²) in [5.41, 5.74) is 6.10. The largest absolute Gasteiger partial charge is 0.326 e. The van der Waals surface area contributed by atoms with Gasteiger partial charge < -0.3 is 5.73 Å². The lowest BCUT2D eigenvalue weighted by Gasteiger charge is -2.09. The number of sulfonamides is 1. The van der Waals surface area contributed by atoms with Crippen molar-refractivity contribution in [2.75, 3.05) is 6.54 Å². The predicted octanol–water partition coefficient (Wildman–Crippen LogP) is 0.369. The normalized spacial score (nSPS) is 11.7. The fourth-order valence-electron chi connectivity index (χ4n) is 1.60. The van der Waals surface area contributed by atoms with Crippen LogP contribution in [0.5, 0.6) is 0 Å². The van der Waals surface area contributed by atoms with Crippen LogP contribution in [0, 0.1) is 0 Å². The quantitative estimate of drug-likeness (QED) is 0.801. The lowest BCUT2D eigenvalue weighted by atomic mass is 10.2. The van der Waals surface area contributed by atoms with Crippen LogP contribution in [0.1, 0.15) is 5.56 Å². The molecule has 1 aromatic carbocycles. The molecule has 0 unspecified atom stereocenters. The number of nitrogens with zero attached hydrogens (tertiary/aromatic N) is 3. The highest BCUT2D eigenvalue weighted by Gasteiger charge is 2.15. The van der Waals surface area contributed by atoms with E-state index in [9.17, 15) is 8.42 Å². The molecule has 9 heteroatoms. The molecule has 0 saturated heterocycles. The van der Waals surface area contributed by atoms with E-state index in [4.69, 9.17) is 17.3 Å². The SMILES string of the molecule is NCc1cc(S(=O)(=O)NCCn2ccnn2)ccc1Cl. The van der Waals surface area contributed by atoms with Crippen molar-refractivity contribution < 1.29 is 8.42 Å². The average molecular weight is 316 g/mol. The van der Waals surface area contributed by atoms with Crippen LogP contribution in [0.2, 0.25) is 5.02 Å². The molecule has 7 nitrogen and oxygen atoms in total. The number of benzene rings is 1. The van der Waals surface area contributed by atoms with Gasteiger partial charge in [0.25, 0.3) is 0 Å². The first-order valence-electron chi connectivity index (χ1n) is 5.85. The molecule has 0 saturated carbocycles. The maximum absolute atomic E-state index is 12.1. The summed E-state index contributed by atoms with van der Waals surface area (Å²) in [6.45, 7) is 0.796. The van der Waals surface area contributed by atoms with Gasteiger partial charge >= 0.3 is 0 Å². The van der Waals surface area contributed by atoms with Crippen molar-refractivity contribution in [1.29, 1.82) is 0 Å². The number of hydrogen-bond donors (Lipinski definition) is 2. The van der Waals surface area contributed by atoms with E-state index >= 15 is 0 Å². The van der Waals surface area contributed by atoms with Gasteiger partial charge in [0.15, 0.2) is 0 Å². The molecule has 0 aliphatic carbocycles. The zero-order valence-electron chi connectivity index (χ0n) is 10.5. The van der Waals surface area contributed by atoms with Crippen LogP contribution in [0.15, 0.2) is 35.5 Å². The Morgan fingerprint density at radius 3 is 2.85 bits per heavy atom. The Bertz CT molecular complexity index is 672. The van der Waals surface area contributed by atoms with E-state index in [1.807, 2.05) is 0 Å². The van der Waals surface area contributed by atoms with E-state index in [1.54, 1.807) is 6.20 Å². The Morgan fingerprint density at radius 2 is 2.20 bits per heavy atom. The van der Waals surface area contributed by atoms with Crippen molar-refractivity contribution in [3.05, 3.63) is 41.2 Å². The van der Waals surface area contributed by atoms with Gasteiger partial charge in [-0.1, -0.05) is 16.8 Å². The number of halogens is 1. The molecule has 0 bridgehead atoms. The summed E-state index contributed by atoms with van der Waals surface area (Å²) in [7, 11) is -3.59. The second-order valence-electron chi connectivity index (χ2n) is 4.02. The van der Waals surface area contributed by atoms with Gasteiger partial charge in [-0.15, -0.1) is 5.10 Å². The Kier molecular flexibility index (Phi) is 4.71. The monoisotopic (exact) mass is 315 g/mol. The van der Waals surface area contributed by atoms with Gasteiger partial charge in [-0.2, -0.15) is 0 Å². The molecule has 2 aromatic rings. The fraction of sp³-hybridized carbons (Fsp3) is 0.273. The molecule has 1 heterocycles. The van der Waals surface area contributed by atoms with Crippen LogP contribution in [0.3, 0.4) is 0 Å².